The Kier molecular flexibility index (Phi) is 3.82. The maximum absolute atomic E-state index is 11.8. The highest BCUT2D eigenvalue weighted by Gasteiger charge is 2.36. The molecule has 0 saturated carbocycles. The lowest BCUT2D eigenvalue weighted by Crippen LogP contribution is -2.27. The topological polar surface area (TPSA) is 72.4 Å². The summed E-state index contributed by atoms with van der Waals surface area (Å²) in [5.41, 5.74) is 0. The molecule has 2 rings (SSSR count). The van der Waals surface area contributed by atoms with Gasteiger partial charge in [-0.05, 0) is 15.9 Å². The third kappa shape index (κ3) is 2.46. The lowest BCUT2D eigenvalue weighted by Gasteiger charge is -2.14. The Labute approximate surface area is 116 Å². The van der Waals surface area contributed by atoms with Gasteiger partial charge in [-0.2, -0.15) is 0 Å². The van der Waals surface area contributed by atoms with E-state index < -0.39 is 11.9 Å². The number of anilines is 1. The number of hydrogen-bond acceptors (Lipinski definition) is 5. The monoisotopic (exact) mass is 333 g/mol. The van der Waals surface area contributed by atoms with Gasteiger partial charge in [-0.3, -0.25) is 14.5 Å². The van der Waals surface area contributed by atoms with Gasteiger partial charge in [-0.1, -0.05) is 11.6 Å². The molecule has 18 heavy (non-hydrogen) atoms. The van der Waals surface area contributed by atoms with Crippen LogP contribution in [0, 0.1) is 5.92 Å². The molecule has 1 aliphatic rings. The third-order valence-corrected chi connectivity index (χ3v) is 3.68. The van der Waals surface area contributed by atoms with Crippen molar-refractivity contribution in [1.82, 2.24) is 9.97 Å². The van der Waals surface area contributed by atoms with Crippen LogP contribution in [-0.2, 0) is 14.3 Å². The van der Waals surface area contributed by atoms with Crippen LogP contribution >= 0.6 is 27.5 Å². The van der Waals surface area contributed by atoms with Crippen LogP contribution < -0.4 is 4.90 Å². The van der Waals surface area contributed by atoms with Crippen LogP contribution in [0.4, 0.5) is 5.82 Å². The average Bonchev–Trinajstić information content (AvgIpc) is 2.74. The molecule has 0 bridgehead atoms. The van der Waals surface area contributed by atoms with Crippen molar-refractivity contribution in [2.24, 2.45) is 5.92 Å². The standard InChI is InChI=1S/C10H9BrClN3O3/c1-18-10(17)5-2-7(16)15(4-5)6-3-13-8(11)9(12)14-6/h3,5H,2,4H2,1H3. The summed E-state index contributed by atoms with van der Waals surface area (Å²) in [5, 5.41) is 0.168. The van der Waals surface area contributed by atoms with Crippen molar-refractivity contribution < 1.29 is 14.3 Å². The minimum Gasteiger partial charge on any atom is -0.469 e. The van der Waals surface area contributed by atoms with Gasteiger partial charge in [0.1, 0.15) is 4.60 Å². The number of aromatic nitrogens is 2. The van der Waals surface area contributed by atoms with Crippen molar-refractivity contribution in [1.29, 1.82) is 0 Å². The number of ether oxygens (including phenoxy) is 1. The fourth-order valence-electron chi connectivity index (χ4n) is 1.73. The van der Waals surface area contributed by atoms with Gasteiger partial charge in [-0.15, -0.1) is 0 Å². The smallest absolute Gasteiger partial charge is 0.311 e. The number of nitrogens with zero attached hydrogens (tertiary/aromatic N) is 3. The summed E-state index contributed by atoms with van der Waals surface area (Å²) in [4.78, 5) is 32.6. The van der Waals surface area contributed by atoms with Crippen molar-refractivity contribution in [3.8, 4) is 0 Å². The first-order chi connectivity index (χ1) is 8.52. The molecule has 0 aliphatic carbocycles. The Hall–Kier alpha value is -1.21. The molecule has 1 amide bonds. The number of methoxy groups -OCH3 is 1. The highest BCUT2D eigenvalue weighted by Crippen LogP contribution is 2.26. The van der Waals surface area contributed by atoms with E-state index >= 15 is 0 Å². The molecular weight excluding hydrogens is 325 g/mol. The van der Waals surface area contributed by atoms with E-state index in [4.69, 9.17) is 11.6 Å². The van der Waals surface area contributed by atoms with Crippen LogP contribution in [0.5, 0.6) is 0 Å². The Morgan fingerprint density at radius 1 is 1.67 bits per heavy atom. The van der Waals surface area contributed by atoms with Gasteiger partial charge in [0.25, 0.3) is 0 Å². The molecule has 96 valence electrons. The normalized spacial score (nSPS) is 19.2. The van der Waals surface area contributed by atoms with Gasteiger partial charge < -0.3 is 4.74 Å². The van der Waals surface area contributed by atoms with Crippen LogP contribution in [0.15, 0.2) is 10.8 Å². The zero-order valence-electron chi connectivity index (χ0n) is 9.39. The van der Waals surface area contributed by atoms with Crippen LogP contribution in [0.1, 0.15) is 6.42 Å². The molecule has 1 aliphatic heterocycles. The molecule has 1 saturated heterocycles. The number of hydrogen-bond donors (Lipinski definition) is 0. The fourth-order valence-corrected chi connectivity index (χ4v) is 2.05. The molecule has 8 heteroatoms. The van der Waals surface area contributed by atoms with E-state index in [1.165, 1.54) is 18.2 Å². The van der Waals surface area contributed by atoms with Gasteiger partial charge in [0, 0.05) is 13.0 Å². The average molecular weight is 335 g/mol. The molecule has 0 aromatic carbocycles. The molecule has 2 heterocycles. The molecular formula is C10H9BrClN3O3. The van der Waals surface area contributed by atoms with Gasteiger partial charge in [0.15, 0.2) is 11.0 Å². The van der Waals surface area contributed by atoms with Gasteiger partial charge in [-0.25, -0.2) is 9.97 Å². The summed E-state index contributed by atoms with van der Waals surface area (Å²) >= 11 is 8.93. The summed E-state index contributed by atoms with van der Waals surface area (Å²) in [5.74, 6) is -0.730. The van der Waals surface area contributed by atoms with E-state index in [9.17, 15) is 9.59 Å². The molecule has 0 radical (unpaired) electrons. The second kappa shape index (κ2) is 5.19. The van der Waals surface area contributed by atoms with E-state index in [-0.39, 0.29) is 24.0 Å². The zero-order valence-corrected chi connectivity index (χ0v) is 11.7. The summed E-state index contributed by atoms with van der Waals surface area (Å²) < 4.78 is 5.03. The lowest BCUT2D eigenvalue weighted by molar-refractivity contribution is -0.145. The van der Waals surface area contributed by atoms with Crippen LogP contribution in [-0.4, -0.2) is 35.5 Å². The summed E-state index contributed by atoms with van der Waals surface area (Å²) in [7, 11) is 1.30. The highest BCUT2D eigenvalue weighted by molar-refractivity contribution is 9.10. The third-order valence-electron chi connectivity index (χ3n) is 2.61. The number of amides is 1. The van der Waals surface area contributed by atoms with Crippen LogP contribution in [0.25, 0.3) is 0 Å². The molecule has 1 fully saturated rings. The molecule has 0 N–H and O–H groups in total. The Bertz CT molecular complexity index is 511. The number of halogens is 2. The number of esters is 1. The molecule has 0 spiro atoms. The van der Waals surface area contributed by atoms with Crippen LogP contribution in [0.2, 0.25) is 5.15 Å². The summed E-state index contributed by atoms with van der Waals surface area (Å²) in [6.07, 6.45) is 1.54. The maximum Gasteiger partial charge on any atom is 0.311 e. The number of carbonyl (C=O) groups excluding carboxylic acids is 2. The zero-order chi connectivity index (χ0) is 13.3. The molecule has 1 aromatic heterocycles. The fraction of sp³-hybridized carbons (Fsp3) is 0.400. The van der Waals surface area contributed by atoms with Crippen molar-refractivity contribution in [3.05, 3.63) is 16.0 Å². The summed E-state index contributed by atoms with van der Waals surface area (Å²) in [6.45, 7) is 0.234. The first kappa shape index (κ1) is 13.2. The second-order valence-electron chi connectivity index (χ2n) is 3.74. The van der Waals surface area contributed by atoms with Crippen molar-refractivity contribution in [2.75, 3.05) is 18.6 Å². The molecule has 1 atom stereocenters. The van der Waals surface area contributed by atoms with E-state index in [0.717, 1.165) is 0 Å². The molecule has 1 unspecified atom stereocenters. The number of rotatable bonds is 2. The Morgan fingerprint density at radius 2 is 2.39 bits per heavy atom. The van der Waals surface area contributed by atoms with Crippen molar-refractivity contribution in [2.45, 2.75) is 6.42 Å². The predicted molar refractivity (Wildman–Crippen MR) is 67.2 cm³/mol. The van der Waals surface area contributed by atoms with Gasteiger partial charge in [0.05, 0.1) is 19.2 Å². The minimum atomic E-state index is -0.466. The Morgan fingerprint density at radius 3 is 3.00 bits per heavy atom. The van der Waals surface area contributed by atoms with E-state index in [1.807, 2.05) is 0 Å². The van der Waals surface area contributed by atoms with Gasteiger partial charge in [0.2, 0.25) is 5.91 Å². The first-order valence-corrected chi connectivity index (χ1v) is 6.26. The maximum atomic E-state index is 11.8. The lowest BCUT2D eigenvalue weighted by atomic mass is 10.1. The molecule has 1 aromatic rings. The summed E-state index contributed by atoms with van der Waals surface area (Å²) in [6, 6.07) is 0. The van der Waals surface area contributed by atoms with E-state index in [0.29, 0.717) is 10.4 Å². The quantitative estimate of drug-likeness (QED) is 0.765. The number of carbonyl (C=O) groups is 2. The highest BCUT2D eigenvalue weighted by atomic mass is 79.9. The largest absolute Gasteiger partial charge is 0.469 e. The van der Waals surface area contributed by atoms with E-state index in [1.54, 1.807) is 0 Å². The van der Waals surface area contributed by atoms with Crippen LogP contribution in [0.3, 0.4) is 0 Å². The van der Waals surface area contributed by atoms with Crippen molar-refractivity contribution >= 4 is 45.2 Å². The predicted octanol–water partition coefficient (Wildman–Crippen LogP) is 1.42. The SMILES string of the molecule is COC(=O)C1CC(=O)N(c2cnc(Br)c(Cl)n2)C1. The second-order valence-corrected chi connectivity index (χ2v) is 4.85. The van der Waals surface area contributed by atoms with Gasteiger partial charge >= 0.3 is 5.97 Å². The molecule has 6 nitrogen and oxygen atoms in total. The van der Waals surface area contributed by atoms with Crippen molar-refractivity contribution in [3.63, 3.8) is 0 Å². The van der Waals surface area contributed by atoms with E-state index in [2.05, 4.69) is 30.6 Å². The minimum absolute atomic E-state index is 0.113. The Balaban J connectivity index is 2.21. The first-order valence-electron chi connectivity index (χ1n) is 5.09.